The Hall–Kier alpha value is -1.69. The first-order valence-corrected chi connectivity index (χ1v) is 9.74. The summed E-state index contributed by atoms with van der Waals surface area (Å²) in [6, 6.07) is 2.12. The van der Waals surface area contributed by atoms with Crippen LogP contribution in [-0.2, 0) is 9.53 Å². The predicted molar refractivity (Wildman–Crippen MR) is 95.6 cm³/mol. The molecule has 1 aromatic heterocycles. The van der Waals surface area contributed by atoms with E-state index in [0.717, 1.165) is 70.2 Å². The number of piperidine rings is 2. The topological polar surface area (TPSA) is 58.6 Å². The zero-order valence-corrected chi connectivity index (χ0v) is 14.9. The van der Waals surface area contributed by atoms with Crippen molar-refractivity contribution >= 4 is 11.7 Å². The molecule has 6 heteroatoms. The maximum atomic E-state index is 12.7. The van der Waals surface area contributed by atoms with Gasteiger partial charge in [0, 0.05) is 50.7 Å². The molecule has 0 aliphatic carbocycles. The number of carbonyl (C=O) groups excluding carboxylic acids is 1. The second kappa shape index (κ2) is 7.68. The molecule has 3 fully saturated rings. The first-order chi connectivity index (χ1) is 12.3. The highest BCUT2D eigenvalue weighted by Gasteiger charge is 2.30. The third-order valence-corrected chi connectivity index (χ3v) is 5.86. The second-order valence-electron chi connectivity index (χ2n) is 7.51. The summed E-state index contributed by atoms with van der Waals surface area (Å²) >= 11 is 0. The van der Waals surface area contributed by atoms with Crippen molar-refractivity contribution in [2.45, 2.75) is 44.4 Å². The van der Waals surface area contributed by atoms with Crippen LogP contribution in [-0.4, -0.2) is 60.2 Å². The molecule has 0 saturated carbocycles. The van der Waals surface area contributed by atoms with Crippen molar-refractivity contribution in [2.24, 2.45) is 5.92 Å². The van der Waals surface area contributed by atoms with E-state index in [2.05, 4.69) is 25.8 Å². The summed E-state index contributed by atoms with van der Waals surface area (Å²) in [6.45, 7) is 5.32. The molecule has 0 spiro atoms. The maximum absolute atomic E-state index is 12.7. The molecule has 1 unspecified atom stereocenters. The van der Waals surface area contributed by atoms with Crippen LogP contribution in [0.25, 0.3) is 0 Å². The third kappa shape index (κ3) is 3.78. The van der Waals surface area contributed by atoms with E-state index >= 15 is 0 Å². The van der Waals surface area contributed by atoms with Gasteiger partial charge in [-0.15, -0.1) is 0 Å². The van der Waals surface area contributed by atoms with Crippen LogP contribution in [0.1, 0.15) is 50.1 Å². The molecule has 6 nitrogen and oxygen atoms in total. The molecule has 3 aliphatic rings. The molecular weight excluding hydrogens is 316 g/mol. The summed E-state index contributed by atoms with van der Waals surface area (Å²) in [4.78, 5) is 26.0. The molecule has 1 aromatic rings. The molecule has 0 N–H and O–H groups in total. The maximum Gasteiger partial charge on any atom is 0.225 e. The van der Waals surface area contributed by atoms with Crippen molar-refractivity contribution in [3.8, 4) is 0 Å². The smallest absolute Gasteiger partial charge is 0.225 e. The van der Waals surface area contributed by atoms with Crippen molar-refractivity contribution in [1.29, 1.82) is 0 Å². The number of hydrogen-bond donors (Lipinski definition) is 0. The normalized spacial score (nSPS) is 25.4. The van der Waals surface area contributed by atoms with E-state index in [9.17, 15) is 4.79 Å². The quantitative estimate of drug-likeness (QED) is 0.841. The van der Waals surface area contributed by atoms with Crippen LogP contribution in [0, 0.1) is 5.92 Å². The summed E-state index contributed by atoms with van der Waals surface area (Å²) in [6.07, 6.45) is 8.18. The minimum absolute atomic E-state index is 0.193. The highest BCUT2D eigenvalue weighted by atomic mass is 16.5. The summed E-state index contributed by atoms with van der Waals surface area (Å²) in [7, 11) is 0. The van der Waals surface area contributed by atoms with Crippen molar-refractivity contribution < 1.29 is 9.53 Å². The van der Waals surface area contributed by atoms with Crippen LogP contribution in [0.2, 0.25) is 0 Å². The number of aromatic nitrogens is 2. The number of hydrogen-bond acceptors (Lipinski definition) is 5. The number of amides is 1. The average Bonchev–Trinajstić information content (AvgIpc) is 3.23. The first kappa shape index (κ1) is 16.8. The number of nitrogens with zero attached hydrogens (tertiary/aromatic N) is 4. The Kier molecular flexibility index (Phi) is 5.15. The van der Waals surface area contributed by atoms with Crippen molar-refractivity contribution in [3.63, 3.8) is 0 Å². The van der Waals surface area contributed by atoms with Gasteiger partial charge >= 0.3 is 0 Å². The molecule has 4 rings (SSSR count). The monoisotopic (exact) mass is 344 g/mol. The fraction of sp³-hybridized carbons (Fsp3) is 0.737. The van der Waals surface area contributed by atoms with Crippen molar-refractivity contribution in [2.75, 3.05) is 44.3 Å². The van der Waals surface area contributed by atoms with Crippen LogP contribution < -0.4 is 4.90 Å². The van der Waals surface area contributed by atoms with Gasteiger partial charge in [0.25, 0.3) is 0 Å². The Morgan fingerprint density at radius 3 is 2.56 bits per heavy atom. The molecule has 136 valence electrons. The minimum atomic E-state index is 0.193. The van der Waals surface area contributed by atoms with Crippen LogP contribution in [0.15, 0.2) is 12.4 Å². The van der Waals surface area contributed by atoms with Gasteiger partial charge in [-0.25, -0.2) is 9.97 Å². The van der Waals surface area contributed by atoms with Gasteiger partial charge in [0.1, 0.15) is 12.1 Å². The second-order valence-corrected chi connectivity index (χ2v) is 7.51. The van der Waals surface area contributed by atoms with Gasteiger partial charge in [0.2, 0.25) is 5.91 Å². The Balaban J connectivity index is 1.35. The zero-order valence-electron chi connectivity index (χ0n) is 14.9. The van der Waals surface area contributed by atoms with Gasteiger partial charge in [0.05, 0.1) is 12.3 Å². The van der Waals surface area contributed by atoms with Crippen LogP contribution >= 0.6 is 0 Å². The molecular formula is C19H28N4O2. The minimum Gasteiger partial charge on any atom is -0.381 e. The fourth-order valence-corrected chi connectivity index (χ4v) is 4.25. The molecule has 0 radical (unpaired) electrons. The lowest BCUT2D eigenvalue weighted by atomic mass is 9.94. The lowest BCUT2D eigenvalue weighted by molar-refractivity contribution is -0.137. The third-order valence-electron chi connectivity index (χ3n) is 5.86. The molecule has 3 saturated heterocycles. The highest BCUT2D eigenvalue weighted by Crippen LogP contribution is 2.28. The lowest BCUT2D eigenvalue weighted by Crippen LogP contribution is -2.44. The Bertz CT molecular complexity index is 589. The van der Waals surface area contributed by atoms with E-state index in [1.54, 1.807) is 6.33 Å². The van der Waals surface area contributed by atoms with Gasteiger partial charge in [-0.3, -0.25) is 4.79 Å². The van der Waals surface area contributed by atoms with E-state index in [0.29, 0.717) is 11.8 Å². The summed E-state index contributed by atoms with van der Waals surface area (Å²) in [5.74, 6) is 1.98. The highest BCUT2D eigenvalue weighted by molar-refractivity contribution is 5.79. The largest absolute Gasteiger partial charge is 0.381 e. The summed E-state index contributed by atoms with van der Waals surface area (Å²) in [5, 5.41) is 0. The molecule has 0 aromatic carbocycles. The van der Waals surface area contributed by atoms with Gasteiger partial charge in [0.15, 0.2) is 0 Å². The molecule has 3 aliphatic heterocycles. The van der Waals surface area contributed by atoms with Crippen molar-refractivity contribution in [3.05, 3.63) is 18.1 Å². The Labute approximate surface area is 149 Å². The number of anilines is 1. The average molecular weight is 344 g/mol. The van der Waals surface area contributed by atoms with Crippen LogP contribution in [0.3, 0.4) is 0 Å². The van der Waals surface area contributed by atoms with Gasteiger partial charge in [-0.2, -0.15) is 0 Å². The van der Waals surface area contributed by atoms with Crippen LogP contribution in [0.4, 0.5) is 5.82 Å². The SMILES string of the molecule is O=C(C1CCN(c2cc(C3CCOC3)ncn2)CC1)N1CCCCC1. The van der Waals surface area contributed by atoms with E-state index in [1.165, 1.54) is 19.3 Å². The number of likely N-dealkylation sites (tertiary alicyclic amines) is 1. The number of ether oxygens (including phenoxy) is 1. The summed E-state index contributed by atoms with van der Waals surface area (Å²) < 4.78 is 5.48. The molecule has 1 amide bonds. The van der Waals surface area contributed by atoms with Crippen LogP contribution in [0.5, 0.6) is 0 Å². The van der Waals surface area contributed by atoms with Gasteiger partial charge in [-0.05, 0) is 38.5 Å². The van der Waals surface area contributed by atoms with Gasteiger partial charge in [-0.1, -0.05) is 0 Å². The molecule has 25 heavy (non-hydrogen) atoms. The van der Waals surface area contributed by atoms with Gasteiger partial charge < -0.3 is 14.5 Å². The summed E-state index contributed by atoms with van der Waals surface area (Å²) in [5.41, 5.74) is 1.09. The first-order valence-electron chi connectivity index (χ1n) is 9.74. The fourth-order valence-electron chi connectivity index (χ4n) is 4.25. The standard InChI is InChI=1S/C19H28N4O2/c24-19(23-7-2-1-3-8-23)15-4-9-22(10-5-15)18-12-17(20-14-21-18)16-6-11-25-13-16/h12,14-16H,1-11,13H2. The molecule has 1 atom stereocenters. The number of rotatable bonds is 3. The molecule has 0 bridgehead atoms. The lowest BCUT2D eigenvalue weighted by Gasteiger charge is -2.36. The predicted octanol–water partition coefficient (Wildman–Crippen LogP) is 2.21. The van der Waals surface area contributed by atoms with E-state index in [4.69, 9.17) is 4.74 Å². The van der Waals surface area contributed by atoms with E-state index < -0.39 is 0 Å². The zero-order chi connectivity index (χ0) is 17.1. The van der Waals surface area contributed by atoms with E-state index in [1.807, 2.05) is 0 Å². The van der Waals surface area contributed by atoms with Crippen molar-refractivity contribution in [1.82, 2.24) is 14.9 Å². The van der Waals surface area contributed by atoms with E-state index in [-0.39, 0.29) is 5.92 Å². The number of carbonyl (C=O) groups is 1. The Morgan fingerprint density at radius 2 is 1.84 bits per heavy atom. The Morgan fingerprint density at radius 1 is 1.04 bits per heavy atom. The molecule has 4 heterocycles.